The van der Waals surface area contributed by atoms with E-state index in [1.165, 1.54) is 11.8 Å². The molecule has 9 heteroatoms. The molecule has 2 aliphatic heterocycles. The van der Waals surface area contributed by atoms with Gasteiger partial charge in [-0.3, -0.25) is 9.47 Å². The number of fused-ring (bicyclic) bond motifs is 1. The molecule has 2 aliphatic rings. The van der Waals surface area contributed by atoms with Gasteiger partial charge in [-0.2, -0.15) is 0 Å². The first-order chi connectivity index (χ1) is 13.0. The van der Waals surface area contributed by atoms with E-state index in [-0.39, 0.29) is 11.8 Å². The number of benzene rings is 1. The van der Waals surface area contributed by atoms with Crippen LogP contribution in [0.1, 0.15) is 12.5 Å². The Bertz CT molecular complexity index is 790. The van der Waals surface area contributed by atoms with Crippen molar-refractivity contribution in [3.8, 4) is 11.8 Å². The molecule has 1 saturated heterocycles. The van der Waals surface area contributed by atoms with Crippen LogP contribution in [0.4, 0.5) is 5.82 Å². The van der Waals surface area contributed by atoms with Gasteiger partial charge in [0, 0.05) is 37.7 Å². The van der Waals surface area contributed by atoms with Gasteiger partial charge >= 0.3 is 11.8 Å². The van der Waals surface area contributed by atoms with Crippen molar-refractivity contribution < 1.29 is 14.4 Å². The number of aromatic nitrogens is 2. The highest BCUT2D eigenvalue weighted by Gasteiger charge is 2.41. The quantitative estimate of drug-likeness (QED) is 0.604. The molecule has 1 fully saturated rings. The molecule has 1 N–H and O–H groups in total. The van der Waals surface area contributed by atoms with E-state index in [0.717, 1.165) is 38.5 Å². The molecule has 4 rings (SSSR count). The minimum atomic E-state index is -0.600. The monoisotopic (exact) mass is 373 g/mol. The fourth-order valence-electron chi connectivity index (χ4n) is 3.41. The fourth-order valence-corrected chi connectivity index (χ4v) is 3.41. The van der Waals surface area contributed by atoms with E-state index >= 15 is 0 Å². The third kappa shape index (κ3) is 4.04. The van der Waals surface area contributed by atoms with Gasteiger partial charge in [0.2, 0.25) is 0 Å². The van der Waals surface area contributed by atoms with Crippen molar-refractivity contribution >= 4 is 5.82 Å². The molecule has 27 heavy (non-hydrogen) atoms. The van der Waals surface area contributed by atoms with Crippen LogP contribution in [0.3, 0.4) is 0 Å². The highest BCUT2D eigenvalue weighted by atomic mass is 16.6. The highest BCUT2D eigenvalue weighted by Crippen LogP contribution is 2.31. The van der Waals surface area contributed by atoms with Crippen LogP contribution in [0.2, 0.25) is 0 Å². The maximum absolute atomic E-state index is 10.8. The molecular weight excluding hydrogens is 350 g/mol. The van der Waals surface area contributed by atoms with Crippen molar-refractivity contribution in [1.29, 1.82) is 0 Å². The predicted molar refractivity (Wildman–Crippen MR) is 98.0 cm³/mol. The van der Waals surface area contributed by atoms with E-state index in [1.807, 2.05) is 19.1 Å². The first-order valence-corrected chi connectivity index (χ1v) is 9.06. The molecule has 9 nitrogen and oxygen atoms in total. The number of hydrogen-bond acceptors (Lipinski definition) is 7. The van der Waals surface area contributed by atoms with Crippen molar-refractivity contribution in [2.45, 2.75) is 25.6 Å². The Morgan fingerprint density at radius 3 is 2.74 bits per heavy atom. The summed E-state index contributed by atoms with van der Waals surface area (Å²) in [6.07, 6.45) is 1.39. The molecule has 0 radical (unpaired) electrons. The van der Waals surface area contributed by atoms with Crippen molar-refractivity contribution in [3.63, 3.8) is 0 Å². The Labute approximate surface area is 157 Å². The topological polar surface area (TPSA) is 94.7 Å². The van der Waals surface area contributed by atoms with Crippen LogP contribution in [0.15, 0.2) is 30.5 Å². The van der Waals surface area contributed by atoms with Gasteiger partial charge in [0.1, 0.15) is 18.6 Å². The zero-order valence-electron chi connectivity index (χ0n) is 15.3. The smallest absolute Gasteiger partial charge is 0.415 e. The predicted octanol–water partition coefficient (Wildman–Crippen LogP) is 1.43. The summed E-state index contributed by atoms with van der Waals surface area (Å²) in [5.74, 6) is 0.576. The number of piperazine rings is 1. The van der Waals surface area contributed by atoms with Crippen LogP contribution >= 0.6 is 0 Å². The standard InChI is InChI=1S/C18H23N5O4/c1-18(12-22-11-16(23(24)25)20-17(22)27-18)13-26-15-4-2-14(3-5-15)10-21-8-6-19-7-9-21/h2-5,11,19H,6-10,12-13H2,1H3. The van der Waals surface area contributed by atoms with Crippen LogP contribution in [0.5, 0.6) is 11.8 Å². The van der Waals surface area contributed by atoms with Crippen LogP contribution in [-0.4, -0.2) is 57.8 Å². The SMILES string of the molecule is CC1(COc2ccc(CN3CCNCC3)cc2)Cn2cc([N+](=O)[O-])nc2O1. The largest absolute Gasteiger partial charge is 0.489 e. The molecule has 0 amide bonds. The van der Waals surface area contributed by atoms with E-state index in [9.17, 15) is 10.1 Å². The Balaban J connectivity index is 1.30. The van der Waals surface area contributed by atoms with E-state index in [0.29, 0.717) is 13.2 Å². The molecule has 3 heterocycles. The van der Waals surface area contributed by atoms with E-state index in [1.54, 1.807) is 4.57 Å². The lowest BCUT2D eigenvalue weighted by Crippen LogP contribution is -2.42. The van der Waals surface area contributed by atoms with Gasteiger partial charge in [0.25, 0.3) is 0 Å². The molecule has 0 bridgehead atoms. The lowest BCUT2D eigenvalue weighted by molar-refractivity contribution is -0.389. The first-order valence-electron chi connectivity index (χ1n) is 9.06. The summed E-state index contributed by atoms with van der Waals surface area (Å²) < 4.78 is 13.3. The van der Waals surface area contributed by atoms with Crippen molar-refractivity contribution in [1.82, 2.24) is 19.8 Å². The van der Waals surface area contributed by atoms with Gasteiger partial charge in [-0.1, -0.05) is 12.1 Å². The van der Waals surface area contributed by atoms with Crippen molar-refractivity contribution in [3.05, 3.63) is 46.1 Å². The van der Waals surface area contributed by atoms with Crippen LogP contribution in [-0.2, 0) is 13.1 Å². The second-order valence-electron chi connectivity index (χ2n) is 7.28. The average molecular weight is 373 g/mol. The third-order valence-corrected chi connectivity index (χ3v) is 4.84. The van der Waals surface area contributed by atoms with Gasteiger partial charge in [0.15, 0.2) is 5.60 Å². The minimum Gasteiger partial charge on any atom is -0.489 e. The van der Waals surface area contributed by atoms with Gasteiger partial charge in [0.05, 0.1) is 6.54 Å². The summed E-state index contributed by atoms with van der Waals surface area (Å²) in [4.78, 5) is 16.6. The summed E-state index contributed by atoms with van der Waals surface area (Å²) in [5.41, 5.74) is 0.664. The van der Waals surface area contributed by atoms with Gasteiger partial charge in [-0.05, 0) is 29.5 Å². The number of rotatable bonds is 6. The number of ether oxygens (including phenoxy) is 2. The van der Waals surface area contributed by atoms with Crippen molar-refractivity contribution in [2.24, 2.45) is 0 Å². The average Bonchev–Trinajstić information content (AvgIpc) is 3.18. The second kappa shape index (κ2) is 7.16. The summed E-state index contributed by atoms with van der Waals surface area (Å²) >= 11 is 0. The van der Waals surface area contributed by atoms with Gasteiger partial charge in [-0.15, -0.1) is 0 Å². The summed E-state index contributed by atoms with van der Waals surface area (Å²) in [6, 6.07) is 8.38. The minimum absolute atomic E-state index is 0.201. The maximum Gasteiger partial charge on any atom is 0.415 e. The van der Waals surface area contributed by atoms with Crippen LogP contribution in [0.25, 0.3) is 0 Å². The number of hydrogen-bond donors (Lipinski definition) is 1. The number of nitro groups is 1. The van der Waals surface area contributed by atoms with Crippen LogP contribution < -0.4 is 14.8 Å². The molecule has 1 aromatic carbocycles. The molecule has 0 saturated carbocycles. The first kappa shape index (κ1) is 17.7. The summed E-state index contributed by atoms with van der Waals surface area (Å²) in [7, 11) is 0. The number of imidazole rings is 1. The highest BCUT2D eigenvalue weighted by molar-refractivity contribution is 5.28. The third-order valence-electron chi connectivity index (χ3n) is 4.84. The maximum atomic E-state index is 10.8. The summed E-state index contributed by atoms with van der Waals surface area (Å²) in [5, 5.41) is 14.1. The molecule has 0 spiro atoms. The lowest BCUT2D eigenvalue weighted by Gasteiger charge is -2.27. The molecule has 1 atom stereocenters. The molecule has 2 aromatic rings. The Hall–Kier alpha value is -2.65. The van der Waals surface area contributed by atoms with E-state index < -0.39 is 10.5 Å². The normalized spacial score (nSPS) is 22.3. The molecule has 144 valence electrons. The van der Waals surface area contributed by atoms with Gasteiger partial charge in [-0.25, -0.2) is 0 Å². The van der Waals surface area contributed by atoms with Gasteiger partial charge < -0.3 is 24.9 Å². The fraction of sp³-hybridized carbons (Fsp3) is 0.500. The molecule has 0 aliphatic carbocycles. The zero-order valence-corrected chi connectivity index (χ0v) is 15.3. The summed E-state index contributed by atoms with van der Waals surface area (Å²) in [6.45, 7) is 7.88. The zero-order chi connectivity index (χ0) is 18.9. The van der Waals surface area contributed by atoms with Crippen LogP contribution in [0, 0.1) is 10.1 Å². The Kier molecular flexibility index (Phi) is 4.71. The van der Waals surface area contributed by atoms with E-state index in [2.05, 4.69) is 27.3 Å². The van der Waals surface area contributed by atoms with E-state index in [4.69, 9.17) is 9.47 Å². The Morgan fingerprint density at radius 1 is 1.33 bits per heavy atom. The Morgan fingerprint density at radius 2 is 2.07 bits per heavy atom. The molecule has 1 unspecified atom stereocenters. The number of nitrogens with zero attached hydrogens (tertiary/aromatic N) is 4. The second-order valence-corrected chi connectivity index (χ2v) is 7.28. The number of nitrogens with one attached hydrogen (secondary N) is 1. The molecular formula is C18H23N5O4. The van der Waals surface area contributed by atoms with Crippen molar-refractivity contribution in [2.75, 3.05) is 32.8 Å². The lowest BCUT2D eigenvalue weighted by atomic mass is 10.1. The molecule has 1 aromatic heterocycles.